The van der Waals surface area contributed by atoms with E-state index >= 15 is 0 Å². The normalized spacial score (nSPS) is 12.8. The highest BCUT2D eigenvalue weighted by atomic mass is 32.2. The predicted octanol–water partition coefficient (Wildman–Crippen LogP) is 2.18. The van der Waals surface area contributed by atoms with Crippen molar-refractivity contribution in [3.63, 3.8) is 0 Å². The molecule has 0 bridgehead atoms. The number of hydrogen-bond acceptors (Lipinski definition) is 3. The highest BCUT2D eigenvalue weighted by Gasteiger charge is 2.28. The average Bonchev–Trinajstić information content (AvgIpc) is 2.36. The van der Waals surface area contributed by atoms with Crippen molar-refractivity contribution in [1.82, 2.24) is 15.5 Å². The summed E-state index contributed by atoms with van der Waals surface area (Å²) in [4.78, 5) is 5.65. The number of aliphatic imine (C=N–C) groups is 1. The topological polar surface area (TPSA) is 39.7 Å². The first-order valence-corrected chi connectivity index (χ1v) is 8.54. The number of nitrogens with one attached hydrogen (secondary N) is 2. The number of rotatable bonds is 10. The molecule has 0 aromatic carbocycles. The Morgan fingerprint density at radius 2 is 1.95 bits per heavy atom. The van der Waals surface area contributed by atoms with Crippen LogP contribution in [0.2, 0.25) is 0 Å². The van der Waals surface area contributed by atoms with Crippen molar-refractivity contribution in [2.75, 3.05) is 51.8 Å². The minimum absolute atomic E-state index is 0.316. The van der Waals surface area contributed by atoms with Gasteiger partial charge in [0.05, 0.1) is 6.54 Å². The third kappa shape index (κ3) is 14.1. The zero-order chi connectivity index (χ0) is 16.1. The molecule has 0 amide bonds. The van der Waals surface area contributed by atoms with Crippen molar-refractivity contribution in [2.24, 2.45) is 4.99 Å². The molecule has 126 valence electrons. The number of guanidine groups is 1. The summed E-state index contributed by atoms with van der Waals surface area (Å²) < 4.78 is 36.5. The Labute approximate surface area is 129 Å². The number of halogens is 3. The van der Waals surface area contributed by atoms with Crippen molar-refractivity contribution >= 4 is 17.7 Å². The Morgan fingerprint density at radius 3 is 2.52 bits per heavy atom. The van der Waals surface area contributed by atoms with Crippen LogP contribution in [0.3, 0.4) is 0 Å². The predicted molar refractivity (Wildman–Crippen MR) is 85.1 cm³/mol. The monoisotopic (exact) mass is 328 g/mol. The minimum atomic E-state index is -4.15. The molecule has 0 heterocycles. The first-order chi connectivity index (χ1) is 9.89. The third-order valence-corrected chi connectivity index (χ3v) is 3.30. The van der Waals surface area contributed by atoms with Gasteiger partial charge < -0.3 is 10.6 Å². The van der Waals surface area contributed by atoms with Gasteiger partial charge >= 0.3 is 6.18 Å². The molecule has 0 rings (SSSR count). The van der Waals surface area contributed by atoms with Crippen LogP contribution in [0.15, 0.2) is 4.99 Å². The summed E-state index contributed by atoms with van der Waals surface area (Å²) in [5.41, 5.74) is 0. The van der Waals surface area contributed by atoms with Gasteiger partial charge in [-0.05, 0) is 38.8 Å². The van der Waals surface area contributed by atoms with Gasteiger partial charge in [0.15, 0.2) is 5.96 Å². The van der Waals surface area contributed by atoms with Crippen molar-refractivity contribution in [3.8, 4) is 0 Å². The van der Waals surface area contributed by atoms with Crippen LogP contribution in [0, 0.1) is 0 Å². The molecule has 0 aliphatic carbocycles. The molecule has 0 spiro atoms. The van der Waals surface area contributed by atoms with E-state index in [4.69, 9.17) is 0 Å². The van der Waals surface area contributed by atoms with Crippen LogP contribution < -0.4 is 10.6 Å². The van der Waals surface area contributed by atoms with Crippen molar-refractivity contribution < 1.29 is 13.2 Å². The van der Waals surface area contributed by atoms with Gasteiger partial charge in [-0.2, -0.15) is 24.9 Å². The largest absolute Gasteiger partial charge is 0.401 e. The standard InChI is InChI=1S/C13H27F3N4S/c1-4-17-12(18-7-5-6-10-21-3)19-8-9-20(2)11-13(14,15)16/h4-11H2,1-3H3,(H2,17,18,19). The van der Waals surface area contributed by atoms with E-state index in [2.05, 4.69) is 21.9 Å². The van der Waals surface area contributed by atoms with Gasteiger partial charge in [-0.25, -0.2) is 0 Å². The lowest BCUT2D eigenvalue weighted by Gasteiger charge is -2.19. The van der Waals surface area contributed by atoms with Gasteiger partial charge in [0, 0.05) is 26.2 Å². The zero-order valence-corrected chi connectivity index (χ0v) is 13.9. The number of thioether (sulfide) groups is 1. The molecule has 4 nitrogen and oxygen atoms in total. The molecule has 0 aromatic rings. The molecule has 21 heavy (non-hydrogen) atoms. The maximum absolute atomic E-state index is 12.2. The van der Waals surface area contributed by atoms with Gasteiger partial charge in [0.2, 0.25) is 0 Å². The van der Waals surface area contributed by atoms with E-state index in [9.17, 15) is 13.2 Å². The quantitative estimate of drug-likeness (QED) is 0.366. The van der Waals surface area contributed by atoms with Crippen LogP contribution in [0.5, 0.6) is 0 Å². The molecule has 2 N–H and O–H groups in total. The fraction of sp³-hybridized carbons (Fsp3) is 0.923. The molecule has 0 saturated heterocycles. The molecular formula is C13H27F3N4S. The van der Waals surface area contributed by atoms with Gasteiger partial charge in [0.1, 0.15) is 0 Å². The summed E-state index contributed by atoms with van der Waals surface area (Å²) in [5, 5.41) is 6.14. The van der Waals surface area contributed by atoms with E-state index in [1.165, 1.54) is 11.9 Å². The lowest BCUT2D eigenvalue weighted by atomic mass is 10.3. The number of likely N-dealkylation sites (N-methyl/N-ethyl adjacent to an activating group) is 1. The molecule has 8 heteroatoms. The van der Waals surface area contributed by atoms with E-state index in [1.807, 2.05) is 18.7 Å². The molecule has 0 radical (unpaired) electrons. The number of unbranched alkanes of at least 4 members (excludes halogenated alkanes) is 1. The lowest BCUT2D eigenvalue weighted by Crippen LogP contribution is -2.42. The molecule has 0 atom stereocenters. The van der Waals surface area contributed by atoms with Crippen LogP contribution in [-0.2, 0) is 0 Å². The first-order valence-electron chi connectivity index (χ1n) is 7.15. The van der Waals surface area contributed by atoms with Crippen molar-refractivity contribution in [3.05, 3.63) is 0 Å². The Balaban J connectivity index is 3.94. The minimum Gasteiger partial charge on any atom is -0.357 e. The summed E-state index contributed by atoms with van der Waals surface area (Å²) in [7, 11) is 1.46. The van der Waals surface area contributed by atoms with Gasteiger partial charge in [-0.15, -0.1) is 0 Å². The smallest absolute Gasteiger partial charge is 0.357 e. The van der Waals surface area contributed by atoms with Crippen molar-refractivity contribution in [1.29, 1.82) is 0 Å². The summed E-state index contributed by atoms with van der Waals surface area (Å²) in [6, 6.07) is 0. The van der Waals surface area contributed by atoms with Crippen LogP contribution in [-0.4, -0.2) is 68.8 Å². The van der Waals surface area contributed by atoms with Crippen LogP contribution >= 0.6 is 11.8 Å². The Morgan fingerprint density at radius 1 is 1.24 bits per heavy atom. The maximum Gasteiger partial charge on any atom is 0.401 e. The van der Waals surface area contributed by atoms with Crippen LogP contribution in [0.25, 0.3) is 0 Å². The second-order valence-corrected chi connectivity index (χ2v) is 5.73. The zero-order valence-electron chi connectivity index (χ0n) is 13.1. The molecule has 0 aliphatic heterocycles. The van der Waals surface area contributed by atoms with Gasteiger partial charge in [-0.1, -0.05) is 0 Å². The van der Waals surface area contributed by atoms with Crippen molar-refractivity contribution in [2.45, 2.75) is 25.9 Å². The molecular weight excluding hydrogens is 301 g/mol. The van der Waals surface area contributed by atoms with Gasteiger partial charge in [0.25, 0.3) is 0 Å². The van der Waals surface area contributed by atoms with E-state index in [0.29, 0.717) is 19.0 Å². The van der Waals surface area contributed by atoms with Crippen LogP contribution in [0.4, 0.5) is 13.2 Å². The second-order valence-electron chi connectivity index (χ2n) is 4.74. The number of hydrogen-bond donors (Lipinski definition) is 2. The molecule has 0 unspecified atom stereocenters. The van der Waals surface area contributed by atoms with Gasteiger partial charge in [-0.3, -0.25) is 9.89 Å². The Kier molecular flexibility index (Phi) is 11.6. The summed E-state index contributed by atoms with van der Waals surface area (Å²) in [5.74, 6) is 1.80. The molecule has 0 aliphatic rings. The van der Waals surface area contributed by atoms with E-state index in [-0.39, 0.29) is 0 Å². The SMILES string of the molecule is CCNC(=NCCCCSC)NCCN(C)CC(F)(F)F. The molecule has 0 aromatic heterocycles. The fourth-order valence-corrected chi connectivity index (χ4v) is 2.13. The van der Waals surface area contributed by atoms with E-state index in [0.717, 1.165) is 31.7 Å². The summed E-state index contributed by atoms with van der Waals surface area (Å²) in [6.07, 6.45) is 0.0702. The van der Waals surface area contributed by atoms with E-state index < -0.39 is 12.7 Å². The Bertz CT molecular complexity index is 285. The second kappa shape index (κ2) is 12.0. The molecule has 0 saturated carbocycles. The Hall–Kier alpha value is -0.630. The number of nitrogens with zero attached hydrogens (tertiary/aromatic N) is 2. The highest BCUT2D eigenvalue weighted by Crippen LogP contribution is 2.14. The summed E-state index contributed by atoms with van der Waals surface area (Å²) >= 11 is 1.82. The first kappa shape index (κ1) is 20.4. The average molecular weight is 328 g/mol. The molecule has 0 fully saturated rings. The third-order valence-electron chi connectivity index (χ3n) is 2.61. The lowest BCUT2D eigenvalue weighted by molar-refractivity contribution is -0.142. The number of alkyl halides is 3. The maximum atomic E-state index is 12.2. The summed E-state index contributed by atoms with van der Waals surface area (Å²) in [6.45, 7) is 3.28. The fourth-order valence-electron chi connectivity index (χ4n) is 1.64. The van der Waals surface area contributed by atoms with Crippen LogP contribution in [0.1, 0.15) is 19.8 Å². The van der Waals surface area contributed by atoms with E-state index in [1.54, 1.807) is 0 Å². The highest BCUT2D eigenvalue weighted by molar-refractivity contribution is 7.98.